The Kier molecular flexibility index (Phi) is 5.25. The highest BCUT2D eigenvalue weighted by Crippen LogP contribution is 2.26. The zero-order valence-corrected chi connectivity index (χ0v) is 18.2. The number of nitrogens with zero attached hydrogens (tertiary/aromatic N) is 3. The Morgan fingerprint density at radius 2 is 1.62 bits per heavy atom. The number of hydrogen-bond acceptors (Lipinski definition) is 4. The van der Waals surface area contributed by atoms with E-state index in [-0.39, 0.29) is 35.0 Å². The fourth-order valence-corrected chi connectivity index (χ4v) is 3.90. The van der Waals surface area contributed by atoms with Crippen molar-refractivity contribution in [2.75, 3.05) is 5.32 Å². The second kappa shape index (κ2) is 8.40. The number of imide groups is 1. The van der Waals surface area contributed by atoms with Gasteiger partial charge in [-0.25, -0.2) is 9.07 Å². The molecule has 0 saturated heterocycles. The highest BCUT2D eigenvalue weighted by Gasteiger charge is 2.36. The maximum Gasteiger partial charge on any atom is 0.261 e. The van der Waals surface area contributed by atoms with Crippen LogP contribution in [0.25, 0.3) is 5.69 Å². The van der Waals surface area contributed by atoms with Gasteiger partial charge in [0.05, 0.1) is 29.1 Å². The minimum atomic E-state index is -0.465. The van der Waals surface area contributed by atoms with E-state index >= 15 is 0 Å². The Morgan fingerprint density at radius 3 is 2.35 bits per heavy atom. The fourth-order valence-electron chi connectivity index (χ4n) is 3.90. The topological polar surface area (TPSA) is 84.3 Å². The molecule has 5 rings (SSSR count). The van der Waals surface area contributed by atoms with Gasteiger partial charge in [0.2, 0.25) is 0 Å². The summed E-state index contributed by atoms with van der Waals surface area (Å²) < 4.78 is 14.8. The molecule has 4 aromatic rings. The van der Waals surface area contributed by atoms with Crippen molar-refractivity contribution in [3.8, 4) is 5.69 Å². The number of anilines is 1. The second-order valence-electron chi connectivity index (χ2n) is 7.96. The molecule has 0 fully saturated rings. The first-order valence-electron chi connectivity index (χ1n) is 10.6. The molecule has 0 spiro atoms. The molecule has 168 valence electrons. The van der Waals surface area contributed by atoms with E-state index in [0.29, 0.717) is 17.2 Å². The van der Waals surface area contributed by atoms with Crippen LogP contribution >= 0.6 is 0 Å². The fraction of sp³-hybridized carbons (Fsp3) is 0.0769. The van der Waals surface area contributed by atoms with E-state index in [0.717, 1.165) is 5.56 Å². The number of aromatic nitrogens is 2. The number of hydrogen-bond donors (Lipinski definition) is 1. The smallest absolute Gasteiger partial charge is 0.261 e. The lowest BCUT2D eigenvalue weighted by molar-refractivity contribution is 0.0642. The SMILES string of the molecule is Cc1cc(NC(=O)c2ccc3c(c2)C(=O)N(Cc2ccccc2)C3=O)n(-c2ccc(F)cc2)n1. The molecule has 3 aromatic carbocycles. The summed E-state index contributed by atoms with van der Waals surface area (Å²) in [5.74, 6) is -1.28. The van der Waals surface area contributed by atoms with E-state index in [2.05, 4.69) is 10.4 Å². The number of aryl methyl sites for hydroxylation is 1. The van der Waals surface area contributed by atoms with Gasteiger partial charge in [-0.05, 0) is 55.0 Å². The Labute approximate surface area is 194 Å². The third-order valence-corrected chi connectivity index (χ3v) is 5.56. The number of rotatable bonds is 5. The van der Waals surface area contributed by atoms with Crippen molar-refractivity contribution in [2.45, 2.75) is 13.5 Å². The normalized spacial score (nSPS) is 12.7. The van der Waals surface area contributed by atoms with Crippen molar-refractivity contribution < 1.29 is 18.8 Å². The highest BCUT2D eigenvalue weighted by atomic mass is 19.1. The van der Waals surface area contributed by atoms with Crippen molar-refractivity contribution >= 4 is 23.5 Å². The summed E-state index contributed by atoms with van der Waals surface area (Å²) in [6.45, 7) is 1.93. The third-order valence-electron chi connectivity index (χ3n) is 5.56. The largest absolute Gasteiger partial charge is 0.306 e. The number of nitrogens with one attached hydrogen (secondary N) is 1. The van der Waals surface area contributed by atoms with Crippen LogP contribution in [0.3, 0.4) is 0 Å². The number of benzene rings is 3. The van der Waals surface area contributed by atoms with E-state index in [1.807, 2.05) is 30.3 Å². The molecule has 7 nitrogen and oxygen atoms in total. The summed E-state index contributed by atoms with van der Waals surface area (Å²) >= 11 is 0. The molecule has 1 N–H and O–H groups in total. The molecule has 0 aliphatic carbocycles. The van der Waals surface area contributed by atoms with Crippen molar-refractivity contribution in [3.63, 3.8) is 0 Å². The van der Waals surface area contributed by atoms with Crippen LogP contribution in [0.4, 0.5) is 10.2 Å². The van der Waals surface area contributed by atoms with Gasteiger partial charge in [-0.3, -0.25) is 19.3 Å². The monoisotopic (exact) mass is 454 g/mol. The van der Waals surface area contributed by atoms with Crippen LogP contribution < -0.4 is 5.32 Å². The first-order chi connectivity index (χ1) is 16.4. The van der Waals surface area contributed by atoms with Gasteiger partial charge < -0.3 is 5.32 Å². The average Bonchev–Trinajstić information content (AvgIpc) is 3.32. The summed E-state index contributed by atoms with van der Waals surface area (Å²) in [5.41, 5.74) is 2.76. The summed E-state index contributed by atoms with van der Waals surface area (Å²) in [7, 11) is 0. The molecule has 3 amide bonds. The van der Waals surface area contributed by atoms with Crippen molar-refractivity contribution in [1.29, 1.82) is 0 Å². The summed E-state index contributed by atoms with van der Waals surface area (Å²) in [5, 5.41) is 7.15. The van der Waals surface area contributed by atoms with Crippen LogP contribution in [0.5, 0.6) is 0 Å². The number of halogens is 1. The van der Waals surface area contributed by atoms with E-state index in [1.54, 1.807) is 25.1 Å². The molecule has 34 heavy (non-hydrogen) atoms. The lowest BCUT2D eigenvalue weighted by Crippen LogP contribution is -2.29. The van der Waals surface area contributed by atoms with Gasteiger partial charge in [0.1, 0.15) is 11.6 Å². The van der Waals surface area contributed by atoms with Crippen LogP contribution in [0.1, 0.15) is 42.3 Å². The van der Waals surface area contributed by atoms with Gasteiger partial charge in [-0.2, -0.15) is 5.10 Å². The standard InChI is InChI=1S/C26H19FN4O3/c1-16-13-23(31(29-16)20-10-8-19(27)9-11-20)28-24(32)18-7-12-21-22(14-18)26(34)30(25(21)33)15-17-5-3-2-4-6-17/h2-14H,15H2,1H3,(H,28,32). The average molecular weight is 454 g/mol. The van der Waals surface area contributed by atoms with E-state index in [9.17, 15) is 18.8 Å². The van der Waals surface area contributed by atoms with Crippen molar-refractivity contribution in [1.82, 2.24) is 14.7 Å². The molecule has 8 heteroatoms. The minimum absolute atomic E-state index is 0.158. The number of fused-ring (bicyclic) bond motifs is 1. The third kappa shape index (κ3) is 3.86. The number of carbonyl (C=O) groups is 3. The zero-order valence-electron chi connectivity index (χ0n) is 18.2. The maximum atomic E-state index is 13.3. The Balaban J connectivity index is 1.39. The zero-order chi connectivity index (χ0) is 23.8. The molecular formula is C26H19FN4O3. The second-order valence-corrected chi connectivity index (χ2v) is 7.96. The molecule has 0 radical (unpaired) electrons. The summed E-state index contributed by atoms with van der Waals surface area (Å²) in [6, 6.07) is 21.1. The first kappa shape index (κ1) is 21.3. The molecular weight excluding hydrogens is 435 g/mol. The summed E-state index contributed by atoms with van der Waals surface area (Å²) in [4.78, 5) is 39.9. The predicted octanol–water partition coefficient (Wildman–Crippen LogP) is 4.37. The van der Waals surface area contributed by atoms with Crippen LogP contribution in [-0.2, 0) is 6.54 Å². The Morgan fingerprint density at radius 1 is 0.912 bits per heavy atom. The highest BCUT2D eigenvalue weighted by molar-refractivity contribution is 6.22. The molecule has 0 unspecified atom stereocenters. The van der Waals surface area contributed by atoms with Gasteiger partial charge in [0.15, 0.2) is 0 Å². The van der Waals surface area contributed by atoms with Crippen LogP contribution in [0.2, 0.25) is 0 Å². The van der Waals surface area contributed by atoms with Gasteiger partial charge in [0, 0.05) is 11.6 Å². The van der Waals surface area contributed by atoms with Crippen molar-refractivity contribution in [2.24, 2.45) is 0 Å². The molecule has 0 saturated carbocycles. The van der Waals surface area contributed by atoms with Crippen LogP contribution in [-0.4, -0.2) is 32.4 Å². The first-order valence-corrected chi connectivity index (χ1v) is 10.6. The van der Waals surface area contributed by atoms with E-state index < -0.39 is 11.8 Å². The predicted molar refractivity (Wildman–Crippen MR) is 123 cm³/mol. The lowest BCUT2D eigenvalue weighted by Gasteiger charge is -2.13. The van der Waals surface area contributed by atoms with Gasteiger partial charge in [0.25, 0.3) is 17.7 Å². The molecule has 2 heterocycles. The lowest BCUT2D eigenvalue weighted by atomic mass is 10.1. The van der Waals surface area contributed by atoms with Gasteiger partial charge in [-0.15, -0.1) is 0 Å². The number of amides is 3. The van der Waals surface area contributed by atoms with Crippen molar-refractivity contribution in [3.05, 3.63) is 113 Å². The molecule has 0 atom stereocenters. The quantitative estimate of drug-likeness (QED) is 0.454. The minimum Gasteiger partial charge on any atom is -0.306 e. The van der Waals surface area contributed by atoms with E-state index in [1.165, 1.54) is 39.9 Å². The van der Waals surface area contributed by atoms with Gasteiger partial charge in [-0.1, -0.05) is 30.3 Å². The van der Waals surface area contributed by atoms with Gasteiger partial charge >= 0.3 is 0 Å². The summed E-state index contributed by atoms with van der Waals surface area (Å²) in [6.07, 6.45) is 0. The maximum absolute atomic E-state index is 13.3. The van der Waals surface area contributed by atoms with Crippen LogP contribution in [0.15, 0.2) is 78.9 Å². The van der Waals surface area contributed by atoms with Crippen LogP contribution in [0, 0.1) is 12.7 Å². The Bertz CT molecular complexity index is 1430. The molecule has 0 bridgehead atoms. The van der Waals surface area contributed by atoms with E-state index in [4.69, 9.17) is 0 Å². The Hall–Kier alpha value is -4.59. The molecule has 1 aliphatic rings. The molecule has 1 aromatic heterocycles. The number of carbonyl (C=O) groups excluding carboxylic acids is 3. The molecule has 1 aliphatic heterocycles.